The molecule has 0 bridgehead atoms. The second-order valence-electron chi connectivity index (χ2n) is 7.08. The molecule has 1 aromatic heterocycles. The lowest BCUT2D eigenvalue weighted by Crippen LogP contribution is -2.34. The largest absolute Gasteiger partial charge is 0.350 e. The van der Waals surface area contributed by atoms with Crippen LogP contribution in [-0.4, -0.2) is 48.4 Å². The lowest BCUT2D eigenvalue weighted by molar-refractivity contribution is -0.121. The van der Waals surface area contributed by atoms with E-state index in [1.807, 2.05) is 19.1 Å². The lowest BCUT2D eigenvalue weighted by Gasteiger charge is -2.06. The van der Waals surface area contributed by atoms with E-state index in [4.69, 9.17) is 0 Å². The van der Waals surface area contributed by atoms with Crippen LogP contribution in [0.25, 0.3) is 10.4 Å². The molecule has 1 aliphatic carbocycles. The van der Waals surface area contributed by atoms with E-state index in [-0.39, 0.29) is 18.9 Å². The van der Waals surface area contributed by atoms with Gasteiger partial charge in [-0.2, -0.15) is 0 Å². The number of urea groups is 1. The van der Waals surface area contributed by atoms with Crippen LogP contribution >= 0.6 is 11.3 Å². The summed E-state index contributed by atoms with van der Waals surface area (Å²) in [4.78, 5) is 40.6. The average Bonchev–Trinajstić information content (AvgIpc) is 3.47. The van der Waals surface area contributed by atoms with E-state index >= 15 is 0 Å². The highest BCUT2D eigenvalue weighted by molar-refractivity contribution is 7.19. The molecule has 0 saturated heterocycles. The van der Waals surface area contributed by atoms with Crippen LogP contribution in [0.5, 0.6) is 0 Å². The Kier molecular flexibility index (Phi) is 7.50. The minimum absolute atomic E-state index is 0.00248. The third-order valence-electron chi connectivity index (χ3n) is 4.43. The number of rotatable bonds is 9. The number of carbonyl (C=O) groups is 3. The summed E-state index contributed by atoms with van der Waals surface area (Å²) in [7, 11) is 0. The number of carbonyl (C=O) groups excluding carboxylic acids is 3. The van der Waals surface area contributed by atoms with Gasteiger partial charge in [-0.25, -0.2) is 18.6 Å². The summed E-state index contributed by atoms with van der Waals surface area (Å²) < 4.78 is 24.1. The number of anilines is 1. The summed E-state index contributed by atoms with van der Waals surface area (Å²) in [6, 6.07) is 6.93. The minimum atomic E-state index is -2.61. The smallest absolute Gasteiger partial charge is 0.321 e. The summed E-state index contributed by atoms with van der Waals surface area (Å²) in [6.45, 7) is 1.11. The Labute approximate surface area is 181 Å². The number of halogens is 2. The standard InChI is InChI=1S/C20H23F2N5O3S/c1-11-17(12-2-4-13(5-3-12)18(29)26-14-6-7-14)31-20(25-11)27-19(30)23-9-8-16(28)24-10-15(21)22/h2-5,14-15H,6-10H2,1H3,(H,24,28)(H,26,29)(H2,23,25,27,30). The van der Waals surface area contributed by atoms with Crippen molar-refractivity contribution >= 4 is 34.3 Å². The monoisotopic (exact) mass is 451 g/mol. The molecular weight excluding hydrogens is 428 g/mol. The van der Waals surface area contributed by atoms with Crippen molar-refractivity contribution in [2.75, 3.05) is 18.4 Å². The molecule has 0 spiro atoms. The first-order valence-electron chi connectivity index (χ1n) is 9.80. The maximum absolute atomic E-state index is 12.1. The molecule has 3 rings (SSSR count). The number of aryl methyl sites for hydroxylation is 1. The minimum Gasteiger partial charge on any atom is -0.350 e. The maximum Gasteiger partial charge on any atom is 0.321 e. The Morgan fingerprint density at radius 3 is 2.52 bits per heavy atom. The van der Waals surface area contributed by atoms with Gasteiger partial charge in [0.2, 0.25) is 5.91 Å². The van der Waals surface area contributed by atoms with Crippen molar-refractivity contribution in [1.29, 1.82) is 0 Å². The van der Waals surface area contributed by atoms with Crippen molar-refractivity contribution in [2.45, 2.75) is 38.7 Å². The molecule has 0 unspecified atom stereocenters. The van der Waals surface area contributed by atoms with Crippen molar-refractivity contribution in [3.63, 3.8) is 0 Å². The van der Waals surface area contributed by atoms with E-state index in [0.29, 0.717) is 16.7 Å². The van der Waals surface area contributed by atoms with E-state index in [1.165, 1.54) is 11.3 Å². The van der Waals surface area contributed by atoms with Gasteiger partial charge in [-0.05, 0) is 37.5 Å². The van der Waals surface area contributed by atoms with Crippen LogP contribution in [-0.2, 0) is 4.79 Å². The molecule has 1 fully saturated rings. The number of thiazole rings is 1. The van der Waals surface area contributed by atoms with Crippen LogP contribution in [0.4, 0.5) is 18.7 Å². The third-order valence-corrected chi connectivity index (χ3v) is 5.55. The van der Waals surface area contributed by atoms with E-state index in [1.54, 1.807) is 12.1 Å². The van der Waals surface area contributed by atoms with Crippen molar-refractivity contribution in [3.05, 3.63) is 35.5 Å². The Balaban J connectivity index is 1.50. The summed E-state index contributed by atoms with van der Waals surface area (Å²) in [6.07, 6.45) is -0.667. The molecule has 0 atom stereocenters. The van der Waals surface area contributed by atoms with Crippen LogP contribution < -0.4 is 21.3 Å². The Morgan fingerprint density at radius 1 is 1.16 bits per heavy atom. The first-order chi connectivity index (χ1) is 14.8. The highest BCUT2D eigenvalue weighted by Gasteiger charge is 2.23. The molecule has 0 aliphatic heterocycles. The topological polar surface area (TPSA) is 112 Å². The van der Waals surface area contributed by atoms with Gasteiger partial charge in [-0.15, -0.1) is 0 Å². The molecule has 166 valence electrons. The molecule has 1 aromatic carbocycles. The van der Waals surface area contributed by atoms with Gasteiger partial charge in [0, 0.05) is 24.6 Å². The van der Waals surface area contributed by atoms with Crippen molar-refractivity contribution < 1.29 is 23.2 Å². The Hall–Kier alpha value is -3.08. The molecule has 4 N–H and O–H groups in total. The Bertz CT molecular complexity index is 945. The maximum atomic E-state index is 12.1. The predicted molar refractivity (Wildman–Crippen MR) is 113 cm³/mol. The van der Waals surface area contributed by atoms with Crippen molar-refractivity contribution in [1.82, 2.24) is 20.9 Å². The SMILES string of the molecule is Cc1nc(NC(=O)NCCC(=O)NCC(F)F)sc1-c1ccc(C(=O)NC2CC2)cc1. The molecule has 2 aromatic rings. The zero-order chi connectivity index (χ0) is 22.4. The number of alkyl halides is 2. The summed E-state index contributed by atoms with van der Waals surface area (Å²) in [5.41, 5.74) is 2.19. The van der Waals surface area contributed by atoms with Gasteiger partial charge in [-0.3, -0.25) is 14.9 Å². The highest BCUT2D eigenvalue weighted by Crippen LogP contribution is 2.32. The fraction of sp³-hybridized carbons (Fsp3) is 0.400. The van der Waals surface area contributed by atoms with E-state index < -0.39 is 24.9 Å². The van der Waals surface area contributed by atoms with E-state index in [0.717, 1.165) is 29.0 Å². The fourth-order valence-electron chi connectivity index (χ4n) is 2.70. The van der Waals surface area contributed by atoms with Gasteiger partial charge in [0.05, 0.1) is 17.1 Å². The zero-order valence-electron chi connectivity index (χ0n) is 16.8. The van der Waals surface area contributed by atoms with Crippen LogP contribution in [0.2, 0.25) is 0 Å². The molecular formula is C20H23F2N5O3S. The normalized spacial score (nSPS) is 13.0. The van der Waals surface area contributed by atoms with Crippen LogP contribution in [0, 0.1) is 6.92 Å². The van der Waals surface area contributed by atoms with Gasteiger partial charge in [-0.1, -0.05) is 23.5 Å². The number of amides is 4. The molecule has 11 heteroatoms. The Morgan fingerprint density at radius 2 is 1.87 bits per heavy atom. The lowest BCUT2D eigenvalue weighted by atomic mass is 10.1. The molecule has 31 heavy (non-hydrogen) atoms. The van der Waals surface area contributed by atoms with Crippen LogP contribution in [0.15, 0.2) is 24.3 Å². The molecule has 1 heterocycles. The van der Waals surface area contributed by atoms with E-state index in [2.05, 4.69) is 26.3 Å². The van der Waals surface area contributed by atoms with Gasteiger partial charge < -0.3 is 16.0 Å². The average molecular weight is 451 g/mol. The number of hydrogen-bond donors (Lipinski definition) is 4. The quantitative estimate of drug-likeness (QED) is 0.470. The predicted octanol–water partition coefficient (Wildman–Crippen LogP) is 2.90. The number of hydrogen-bond acceptors (Lipinski definition) is 5. The van der Waals surface area contributed by atoms with Crippen molar-refractivity contribution in [2.24, 2.45) is 0 Å². The molecule has 1 saturated carbocycles. The first kappa shape index (κ1) is 22.6. The van der Waals surface area contributed by atoms with Crippen LogP contribution in [0.3, 0.4) is 0 Å². The van der Waals surface area contributed by atoms with Gasteiger partial charge in [0.1, 0.15) is 0 Å². The zero-order valence-corrected chi connectivity index (χ0v) is 17.7. The van der Waals surface area contributed by atoms with Gasteiger partial charge in [0.25, 0.3) is 12.3 Å². The summed E-state index contributed by atoms with van der Waals surface area (Å²) in [5, 5.41) is 10.5. The number of benzene rings is 1. The molecule has 4 amide bonds. The second kappa shape index (κ2) is 10.3. The fourth-order valence-corrected chi connectivity index (χ4v) is 3.66. The second-order valence-corrected chi connectivity index (χ2v) is 8.08. The number of nitrogens with one attached hydrogen (secondary N) is 4. The molecule has 0 radical (unpaired) electrons. The van der Waals surface area contributed by atoms with Crippen LogP contribution in [0.1, 0.15) is 35.3 Å². The highest BCUT2D eigenvalue weighted by atomic mass is 32.1. The summed E-state index contributed by atoms with van der Waals surface area (Å²) >= 11 is 1.28. The van der Waals surface area contributed by atoms with Gasteiger partial charge in [0.15, 0.2) is 5.13 Å². The first-order valence-corrected chi connectivity index (χ1v) is 10.6. The van der Waals surface area contributed by atoms with Gasteiger partial charge >= 0.3 is 6.03 Å². The van der Waals surface area contributed by atoms with Crippen molar-refractivity contribution in [3.8, 4) is 10.4 Å². The summed E-state index contributed by atoms with van der Waals surface area (Å²) in [5.74, 6) is -0.653. The van der Waals surface area contributed by atoms with E-state index in [9.17, 15) is 23.2 Å². The molecule has 1 aliphatic rings. The number of nitrogens with zero attached hydrogens (tertiary/aromatic N) is 1. The number of aromatic nitrogens is 1. The molecule has 8 nitrogen and oxygen atoms in total. The third kappa shape index (κ3) is 6.99.